The zero-order chi connectivity index (χ0) is 64.6. The molecule has 32 heteroatoms. The molecular formula is C54H85ClN12O19. The zero-order valence-electron chi connectivity index (χ0n) is 48.4. The summed E-state index contributed by atoms with van der Waals surface area (Å²) in [7, 11) is 0. The number of amides is 9. The number of aryl methyl sites for hydroxylation is 1. The molecule has 0 radical (unpaired) electrons. The number of esters is 1. The SMILES string of the molecule is C/C=C1/NC(=O)[C@H]([C@H](C)O)NC(=O)[C@H](CCN)NC(=O)[C@H](CCCCN)NC(=O)[C@H](CC(=O)O)NC(=O)[C@@H](CCN)NC(=O)[C@@H](NC(=O)C[C@H](O)c2cccc(CCCCCCCC)c2)COC(=O)[C@H]([C@H](O)CCl)NC(=O)[C@H](C(O)C(=O)O)NC1=O. The number of cyclic esters (lactones) is 1. The van der Waals surface area contributed by atoms with Gasteiger partial charge in [-0.25, -0.2) is 9.59 Å². The number of nitrogens with two attached hydrogens (primary N) is 3. The lowest BCUT2D eigenvalue weighted by Crippen LogP contribution is -2.62. The third kappa shape index (κ3) is 25.7. The monoisotopic (exact) mass is 1240 g/mol. The van der Waals surface area contributed by atoms with E-state index in [4.69, 9.17) is 33.5 Å². The Morgan fingerprint density at radius 1 is 0.674 bits per heavy atom. The molecule has 21 N–H and O–H groups in total. The lowest BCUT2D eigenvalue weighted by Gasteiger charge is -2.28. The number of benzene rings is 1. The molecule has 1 aliphatic rings. The van der Waals surface area contributed by atoms with Crippen molar-refractivity contribution in [2.75, 3.05) is 32.1 Å². The fourth-order valence-corrected chi connectivity index (χ4v) is 8.76. The number of aliphatic carboxylic acids is 2. The normalized spacial score (nSPS) is 24.0. The molecule has 0 aromatic heterocycles. The molecule has 1 aromatic rings. The van der Waals surface area contributed by atoms with Gasteiger partial charge in [-0.05, 0) is 89.6 Å². The van der Waals surface area contributed by atoms with Crippen molar-refractivity contribution in [3.8, 4) is 0 Å². The van der Waals surface area contributed by atoms with Crippen LogP contribution >= 0.6 is 11.6 Å². The summed E-state index contributed by atoms with van der Waals surface area (Å²) < 4.78 is 5.31. The fourth-order valence-electron chi connectivity index (χ4n) is 8.58. The van der Waals surface area contributed by atoms with E-state index in [1.165, 1.54) is 6.92 Å². The maximum absolute atomic E-state index is 14.3. The first-order chi connectivity index (χ1) is 40.8. The standard InChI is InChI=1S/C54H85ClN12O19/c1-4-6-7-8-9-10-14-29-15-13-16-30(23-29)37(69)25-39(71)59-36-27-86-54(85)42(38(70)26-55)66-52(82)43(44(74)53(83)84)67-45(75)31(5-2)60-51(81)41(28(3)68)65-48(78)34(19-22-58)62-46(76)32(17-11-12-20-56)61-49(79)35(24-40(72)73)64-47(77)33(18-21-57)63-50(36)80/h5,13,15-16,23,28,32-38,41-44,68-70,74H,4,6-12,14,17-22,24-27,56-58H2,1-3H3,(H,59,71)(H,60,81)(H,61,79)(H,62,76)(H,63,80)(H,64,77)(H,65,78)(H,66,82)(H,67,75)(H,72,73)(H,83,84)/b31-5+/t28-,32-,33+,34-,35-,36-,37-,38+,41-,42-,43-,44?/m0/s1. The second kappa shape index (κ2) is 39.3. The summed E-state index contributed by atoms with van der Waals surface area (Å²) in [6.07, 6.45) is -2.86. The molecule has 12 atom stereocenters. The van der Waals surface area contributed by atoms with Crippen molar-refractivity contribution in [1.29, 1.82) is 0 Å². The Kier molecular flexibility index (Phi) is 34.2. The number of rotatable bonds is 26. The Labute approximate surface area is 501 Å². The number of halogens is 1. The first kappa shape index (κ1) is 74.7. The maximum Gasteiger partial charge on any atom is 0.335 e. The zero-order valence-corrected chi connectivity index (χ0v) is 49.1. The van der Waals surface area contributed by atoms with Gasteiger partial charge in [-0.15, -0.1) is 11.6 Å². The second-order valence-corrected chi connectivity index (χ2v) is 20.7. The Bertz CT molecular complexity index is 2510. The number of hydrogen-bond acceptors (Lipinski definition) is 20. The predicted octanol–water partition coefficient (Wildman–Crippen LogP) is -4.80. The number of carboxylic acid groups (broad SMARTS) is 2. The predicted molar refractivity (Wildman–Crippen MR) is 306 cm³/mol. The van der Waals surface area contributed by atoms with E-state index in [9.17, 15) is 88.2 Å². The third-order valence-corrected chi connectivity index (χ3v) is 13.7. The molecule has 2 rings (SSSR count). The number of alkyl halides is 1. The second-order valence-electron chi connectivity index (χ2n) is 20.4. The number of hydrogen-bond donors (Lipinski definition) is 18. The first-order valence-electron chi connectivity index (χ1n) is 28.3. The summed E-state index contributed by atoms with van der Waals surface area (Å²) in [5.41, 5.74) is 17.7. The summed E-state index contributed by atoms with van der Waals surface area (Å²) in [5.74, 6) is -18.0. The van der Waals surface area contributed by atoms with Crippen LogP contribution in [0.4, 0.5) is 0 Å². The highest BCUT2D eigenvalue weighted by molar-refractivity contribution is 6.18. The molecule has 1 heterocycles. The van der Waals surface area contributed by atoms with E-state index >= 15 is 0 Å². The van der Waals surface area contributed by atoms with E-state index in [1.54, 1.807) is 18.2 Å². The molecule has 0 saturated carbocycles. The van der Waals surface area contributed by atoms with Gasteiger partial charge in [-0.1, -0.05) is 69.4 Å². The Hall–Kier alpha value is -7.39. The summed E-state index contributed by atoms with van der Waals surface area (Å²) in [5, 5.41) is 82.8. The Morgan fingerprint density at radius 3 is 1.79 bits per heavy atom. The van der Waals surface area contributed by atoms with Gasteiger partial charge in [0.2, 0.25) is 47.3 Å². The van der Waals surface area contributed by atoms with Gasteiger partial charge >= 0.3 is 17.9 Å². The van der Waals surface area contributed by atoms with E-state index < -0.39 is 181 Å². The minimum absolute atomic E-state index is 0.118. The molecule has 1 aliphatic heterocycles. The number of carbonyl (C=O) groups excluding carboxylic acids is 10. The first-order valence-corrected chi connectivity index (χ1v) is 28.8. The van der Waals surface area contributed by atoms with Gasteiger partial charge in [0, 0.05) is 0 Å². The van der Waals surface area contributed by atoms with Gasteiger partial charge < -0.3 is 100 Å². The Balaban J connectivity index is 2.82. The average Bonchev–Trinajstić information content (AvgIpc) is 3.43. The van der Waals surface area contributed by atoms with E-state index in [0.29, 0.717) is 12.0 Å². The Morgan fingerprint density at radius 2 is 1.23 bits per heavy atom. The van der Waals surface area contributed by atoms with Crippen LogP contribution in [0, 0.1) is 0 Å². The van der Waals surface area contributed by atoms with Gasteiger partial charge in [0.25, 0.3) is 5.91 Å². The molecule has 9 amide bonds. The number of aliphatic hydroxyl groups is 4. The minimum atomic E-state index is -2.84. The summed E-state index contributed by atoms with van der Waals surface area (Å²) in [4.78, 5) is 163. The van der Waals surface area contributed by atoms with Gasteiger partial charge in [0.1, 0.15) is 54.6 Å². The van der Waals surface area contributed by atoms with Gasteiger partial charge in [0.15, 0.2) is 12.1 Å². The minimum Gasteiger partial charge on any atom is -0.481 e. The summed E-state index contributed by atoms with van der Waals surface area (Å²) >= 11 is 5.88. The van der Waals surface area contributed by atoms with Crippen molar-refractivity contribution in [1.82, 2.24) is 47.9 Å². The molecule has 1 aromatic carbocycles. The molecule has 0 aliphatic carbocycles. The van der Waals surface area contributed by atoms with Crippen molar-refractivity contribution in [2.24, 2.45) is 17.2 Å². The number of nitrogens with one attached hydrogen (secondary N) is 9. The smallest absolute Gasteiger partial charge is 0.335 e. The van der Waals surface area contributed by atoms with Crippen molar-refractivity contribution < 1.29 is 92.9 Å². The lowest BCUT2D eigenvalue weighted by molar-refractivity contribution is -0.155. The van der Waals surface area contributed by atoms with Crippen molar-refractivity contribution in [3.05, 3.63) is 47.2 Å². The van der Waals surface area contributed by atoms with Crippen LogP contribution in [0.2, 0.25) is 0 Å². The van der Waals surface area contributed by atoms with Crippen LogP contribution in [0.5, 0.6) is 0 Å². The van der Waals surface area contributed by atoms with Crippen LogP contribution in [0.15, 0.2) is 36.0 Å². The fraction of sp³-hybridized carbons (Fsp3) is 0.630. The number of aliphatic hydroxyl groups excluding tert-OH is 4. The van der Waals surface area contributed by atoms with E-state index in [-0.39, 0.29) is 45.3 Å². The van der Waals surface area contributed by atoms with Crippen LogP contribution in [0.1, 0.15) is 121 Å². The number of unbranched alkanes of at least 4 members (excludes halogenated alkanes) is 6. The third-order valence-electron chi connectivity index (χ3n) is 13.4. The largest absolute Gasteiger partial charge is 0.481 e. The number of ether oxygens (including phenoxy) is 1. The van der Waals surface area contributed by atoms with E-state index in [2.05, 4.69) is 44.1 Å². The quantitative estimate of drug-likeness (QED) is 0.0179. The van der Waals surface area contributed by atoms with Crippen LogP contribution in [0.25, 0.3) is 0 Å². The van der Waals surface area contributed by atoms with E-state index in [1.807, 2.05) is 16.7 Å². The molecular weight excluding hydrogens is 1160 g/mol. The number of carboxylic acids is 2. The van der Waals surface area contributed by atoms with Gasteiger partial charge in [-0.2, -0.15) is 0 Å². The number of carbonyl (C=O) groups is 12. The van der Waals surface area contributed by atoms with Gasteiger partial charge in [-0.3, -0.25) is 47.9 Å². The van der Waals surface area contributed by atoms with Crippen LogP contribution in [-0.2, 0) is 68.7 Å². The molecule has 1 saturated heterocycles. The highest BCUT2D eigenvalue weighted by Crippen LogP contribution is 2.20. The van der Waals surface area contributed by atoms with Crippen molar-refractivity contribution in [2.45, 2.75) is 183 Å². The van der Waals surface area contributed by atoms with Crippen molar-refractivity contribution >= 4 is 82.7 Å². The molecule has 31 nitrogen and oxygen atoms in total. The topological polar surface area (TPSA) is 522 Å². The van der Waals surface area contributed by atoms with Gasteiger partial charge in [0.05, 0.1) is 37.0 Å². The van der Waals surface area contributed by atoms with E-state index in [0.717, 1.165) is 57.1 Å². The summed E-state index contributed by atoms with van der Waals surface area (Å²) in [6, 6.07) is -9.17. The molecule has 1 fully saturated rings. The van der Waals surface area contributed by atoms with Crippen LogP contribution in [0.3, 0.4) is 0 Å². The van der Waals surface area contributed by atoms with Crippen molar-refractivity contribution in [3.63, 3.8) is 0 Å². The maximum atomic E-state index is 14.3. The highest BCUT2D eigenvalue weighted by Gasteiger charge is 2.41. The lowest BCUT2D eigenvalue weighted by atomic mass is 9.99. The van der Waals surface area contributed by atoms with Crippen LogP contribution < -0.4 is 65.1 Å². The molecule has 86 heavy (non-hydrogen) atoms. The summed E-state index contributed by atoms with van der Waals surface area (Å²) in [6.45, 7) is 2.54. The molecule has 0 bridgehead atoms. The molecule has 0 spiro atoms. The number of allylic oxidation sites excluding steroid dienone is 1. The highest BCUT2D eigenvalue weighted by atomic mass is 35.5. The molecule has 1 unspecified atom stereocenters. The average molecular weight is 1240 g/mol. The molecule has 482 valence electrons. The van der Waals surface area contributed by atoms with Crippen LogP contribution in [-0.4, -0.2) is 200 Å².